The van der Waals surface area contributed by atoms with Crippen LogP contribution in [0.2, 0.25) is 0 Å². The van der Waals surface area contributed by atoms with Crippen LogP contribution in [0.25, 0.3) is 0 Å². The van der Waals surface area contributed by atoms with Gasteiger partial charge in [0, 0.05) is 18.2 Å². The molecule has 0 aromatic heterocycles. The van der Waals surface area contributed by atoms with Crippen molar-refractivity contribution in [3.63, 3.8) is 0 Å². The van der Waals surface area contributed by atoms with Gasteiger partial charge in [0.25, 0.3) is 11.8 Å². The molecule has 0 saturated carbocycles. The topological polar surface area (TPSA) is 123 Å². The summed E-state index contributed by atoms with van der Waals surface area (Å²) >= 11 is 0. The standard InChI is InChI=1S/C23H23N3O6S/c1-31-18-11-12-20(21(14-18)32-2)23(28)26-25-22(27)17-9-6-10-19(13-17)33(29,30)24-15-16-7-4-3-5-8-16/h3-14,24H,15H2,1-2H3,(H,25,27)(H,26,28). The SMILES string of the molecule is COc1ccc(C(=O)NNC(=O)c2cccc(S(=O)(=O)NCc3ccccc3)c2)c(OC)c1. The molecule has 0 heterocycles. The van der Waals surface area contributed by atoms with Crippen molar-refractivity contribution in [2.24, 2.45) is 0 Å². The molecule has 172 valence electrons. The number of amides is 2. The van der Waals surface area contributed by atoms with Gasteiger partial charge in [0.05, 0.1) is 24.7 Å². The van der Waals surface area contributed by atoms with Crippen LogP contribution in [0, 0.1) is 0 Å². The number of hydrazine groups is 1. The van der Waals surface area contributed by atoms with Crippen molar-refractivity contribution in [1.82, 2.24) is 15.6 Å². The quantitative estimate of drug-likeness (QED) is 0.435. The molecule has 0 saturated heterocycles. The lowest BCUT2D eigenvalue weighted by Gasteiger charge is -2.12. The molecule has 0 aliphatic carbocycles. The second-order valence-electron chi connectivity index (χ2n) is 6.81. The number of ether oxygens (including phenoxy) is 2. The predicted octanol–water partition coefficient (Wildman–Crippen LogP) is 2.26. The first kappa shape index (κ1) is 23.8. The minimum absolute atomic E-state index is 0.0552. The van der Waals surface area contributed by atoms with Crippen molar-refractivity contribution >= 4 is 21.8 Å². The number of carbonyl (C=O) groups is 2. The zero-order valence-electron chi connectivity index (χ0n) is 18.0. The first-order chi connectivity index (χ1) is 15.8. The lowest BCUT2D eigenvalue weighted by atomic mass is 10.2. The first-order valence-electron chi connectivity index (χ1n) is 9.80. The fourth-order valence-corrected chi connectivity index (χ4v) is 3.96. The van der Waals surface area contributed by atoms with E-state index in [1.807, 2.05) is 18.2 Å². The van der Waals surface area contributed by atoms with Gasteiger partial charge in [-0.3, -0.25) is 20.4 Å². The van der Waals surface area contributed by atoms with E-state index in [4.69, 9.17) is 9.47 Å². The summed E-state index contributed by atoms with van der Waals surface area (Å²) in [5, 5.41) is 0. The van der Waals surface area contributed by atoms with Crippen LogP contribution in [-0.4, -0.2) is 34.5 Å². The number of carbonyl (C=O) groups excluding carboxylic acids is 2. The fraction of sp³-hybridized carbons (Fsp3) is 0.130. The summed E-state index contributed by atoms with van der Waals surface area (Å²) < 4.78 is 38.0. The van der Waals surface area contributed by atoms with Crippen LogP contribution in [0.15, 0.2) is 77.7 Å². The molecule has 0 unspecified atom stereocenters. The number of rotatable bonds is 8. The molecule has 0 fully saturated rings. The Kier molecular flexibility index (Phi) is 7.65. The molecular formula is C23H23N3O6S. The summed E-state index contributed by atoms with van der Waals surface area (Å²) in [5.74, 6) is -0.530. The van der Waals surface area contributed by atoms with E-state index in [1.54, 1.807) is 18.2 Å². The number of benzene rings is 3. The Balaban J connectivity index is 1.66. The third kappa shape index (κ3) is 6.09. The molecule has 0 bridgehead atoms. The Morgan fingerprint density at radius 2 is 1.55 bits per heavy atom. The van der Waals surface area contributed by atoms with E-state index in [1.165, 1.54) is 50.6 Å². The Morgan fingerprint density at radius 1 is 0.818 bits per heavy atom. The number of sulfonamides is 1. The van der Waals surface area contributed by atoms with Crippen LogP contribution in [0.4, 0.5) is 0 Å². The van der Waals surface area contributed by atoms with Gasteiger partial charge in [-0.05, 0) is 35.9 Å². The van der Waals surface area contributed by atoms with Gasteiger partial charge in [-0.1, -0.05) is 36.4 Å². The lowest BCUT2D eigenvalue weighted by molar-refractivity contribution is 0.0844. The Labute approximate surface area is 191 Å². The zero-order chi connectivity index (χ0) is 23.8. The van der Waals surface area contributed by atoms with E-state index >= 15 is 0 Å². The molecule has 3 aromatic rings. The number of nitrogens with one attached hydrogen (secondary N) is 3. The lowest BCUT2D eigenvalue weighted by Crippen LogP contribution is -2.41. The van der Waals surface area contributed by atoms with Crippen molar-refractivity contribution < 1.29 is 27.5 Å². The van der Waals surface area contributed by atoms with Crippen LogP contribution in [-0.2, 0) is 16.6 Å². The van der Waals surface area contributed by atoms with Gasteiger partial charge in [-0.2, -0.15) is 0 Å². The molecule has 2 amide bonds. The molecule has 0 aliphatic rings. The second-order valence-corrected chi connectivity index (χ2v) is 8.58. The molecular weight excluding hydrogens is 446 g/mol. The van der Waals surface area contributed by atoms with Crippen LogP contribution in [0.3, 0.4) is 0 Å². The van der Waals surface area contributed by atoms with Crippen LogP contribution in [0.5, 0.6) is 11.5 Å². The zero-order valence-corrected chi connectivity index (χ0v) is 18.8. The van der Waals surface area contributed by atoms with E-state index in [0.29, 0.717) is 5.75 Å². The van der Waals surface area contributed by atoms with Gasteiger partial charge >= 0.3 is 0 Å². The van der Waals surface area contributed by atoms with Gasteiger partial charge in [0.15, 0.2) is 0 Å². The molecule has 0 aliphatic heterocycles. The molecule has 3 N–H and O–H groups in total. The Hall–Kier alpha value is -3.89. The molecule has 10 heteroatoms. The van der Waals surface area contributed by atoms with E-state index in [0.717, 1.165) is 5.56 Å². The average molecular weight is 470 g/mol. The third-order valence-corrected chi connectivity index (χ3v) is 6.06. The summed E-state index contributed by atoms with van der Waals surface area (Å²) in [6.45, 7) is 0.110. The smallest absolute Gasteiger partial charge is 0.273 e. The van der Waals surface area contributed by atoms with E-state index < -0.39 is 21.8 Å². The predicted molar refractivity (Wildman–Crippen MR) is 121 cm³/mol. The summed E-state index contributed by atoms with van der Waals surface area (Å²) in [4.78, 5) is 24.9. The van der Waals surface area contributed by atoms with Gasteiger partial charge in [0.2, 0.25) is 10.0 Å². The summed E-state index contributed by atoms with van der Waals surface area (Å²) in [7, 11) is -0.959. The van der Waals surface area contributed by atoms with Crippen molar-refractivity contribution in [2.45, 2.75) is 11.4 Å². The number of methoxy groups -OCH3 is 2. The van der Waals surface area contributed by atoms with Gasteiger partial charge in [0.1, 0.15) is 11.5 Å². The van der Waals surface area contributed by atoms with Crippen molar-refractivity contribution in [1.29, 1.82) is 0 Å². The average Bonchev–Trinajstić information content (AvgIpc) is 2.86. The fourth-order valence-electron chi connectivity index (χ4n) is 2.90. The summed E-state index contributed by atoms with van der Waals surface area (Å²) in [6, 6.07) is 19.1. The molecule has 33 heavy (non-hydrogen) atoms. The number of hydrogen-bond donors (Lipinski definition) is 3. The van der Waals surface area contributed by atoms with Crippen molar-refractivity contribution in [3.8, 4) is 11.5 Å². The number of hydrogen-bond acceptors (Lipinski definition) is 6. The van der Waals surface area contributed by atoms with E-state index in [2.05, 4.69) is 15.6 Å². The molecule has 3 aromatic carbocycles. The highest BCUT2D eigenvalue weighted by Crippen LogP contribution is 2.24. The monoisotopic (exact) mass is 469 g/mol. The molecule has 3 rings (SSSR count). The van der Waals surface area contributed by atoms with Gasteiger partial charge in [-0.15, -0.1) is 0 Å². The van der Waals surface area contributed by atoms with Gasteiger partial charge in [-0.25, -0.2) is 13.1 Å². The third-order valence-electron chi connectivity index (χ3n) is 4.66. The maximum Gasteiger partial charge on any atom is 0.273 e. The van der Waals surface area contributed by atoms with Crippen LogP contribution in [0.1, 0.15) is 26.3 Å². The summed E-state index contributed by atoms with van der Waals surface area (Å²) in [5.41, 5.74) is 5.60. The highest BCUT2D eigenvalue weighted by atomic mass is 32.2. The normalized spacial score (nSPS) is 10.8. The molecule has 0 spiro atoms. The van der Waals surface area contributed by atoms with Crippen LogP contribution < -0.4 is 25.0 Å². The second kappa shape index (κ2) is 10.6. The van der Waals surface area contributed by atoms with Gasteiger partial charge < -0.3 is 9.47 Å². The van der Waals surface area contributed by atoms with E-state index in [-0.39, 0.29) is 28.3 Å². The highest BCUT2D eigenvalue weighted by Gasteiger charge is 2.18. The maximum atomic E-state index is 12.6. The Bertz CT molecular complexity index is 1250. The highest BCUT2D eigenvalue weighted by molar-refractivity contribution is 7.89. The van der Waals surface area contributed by atoms with Crippen molar-refractivity contribution in [3.05, 3.63) is 89.5 Å². The largest absolute Gasteiger partial charge is 0.497 e. The van der Waals surface area contributed by atoms with Crippen LogP contribution >= 0.6 is 0 Å². The molecule has 0 radical (unpaired) electrons. The molecule has 9 nitrogen and oxygen atoms in total. The Morgan fingerprint density at radius 3 is 2.24 bits per heavy atom. The molecule has 0 atom stereocenters. The minimum atomic E-state index is -3.85. The van der Waals surface area contributed by atoms with Crippen molar-refractivity contribution in [2.75, 3.05) is 14.2 Å². The maximum absolute atomic E-state index is 12.6. The van der Waals surface area contributed by atoms with E-state index in [9.17, 15) is 18.0 Å². The first-order valence-corrected chi connectivity index (χ1v) is 11.3. The minimum Gasteiger partial charge on any atom is -0.497 e. The summed E-state index contributed by atoms with van der Waals surface area (Å²) in [6.07, 6.45) is 0.